The van der Waals surface area contributed by atoms with Gasteiger partial charge in [0.2, 0.25) is 0 Å². The summed E-state index contributed by atoms with van der Waals surface area (Å²) >= 11 is 0. The average Bonchev–Trinajstić information content (AvgIpc) is 2.17. The summed E-state index contributed by atoms with van der Waals surface area (Å²) in [7, 11) is 0. The quantitative estimate of drug-likeness (QED) is 0.744. The van der Waals surface area contributed by atoms with Crippen molar-refractivity contribution in [3.05, 3.63) is 0 Å². The van der Waals surface area contributed by atoms with Gasteiger partial charge in [-0.05, 0) is 38.0 Å². The molecule has 1 saturated carbocycles. The molecule has 1 aliphatic carbocycles. The summed E-state index contributed by atoms with van der Waals surface area (Å²) in [6, 6.07) is 1.30. The predicted molar refractivity (Wildman–Crippen MR) is 68.1 cm³/mol. The topological polar surface area (TPSA) is 12.0 Å². The summed E-state index contributed by atoms with van der Waals surface area (Å²) in [5, 5.41) is 3.79. The molecule has 90 valence electrons. The Labute approximate surface area is 96.0 Å². The van der Waals surface area contributed by atoms with Gasteiger partial charge in [-0.15, -0.1) is 0 Å². The third-order valence-electron chi connectivity index (χ3n) is 4.17. The highest BCUT2D eigenvalue weighted by Gasteiger charge is 2.25. The molecule has 1 N–H and O–H groups in total. The van der Waals surface area contributed by atoms with Crippen molar-refractivity contribution in [3.8, 4) is 0 Å². The van der Waals surface area contributed by atoms with E-state index < -0.39 is 0 Å². The van der Waals surface area contributed by atoms with Gasteiger partial charge in [0, 0.05) is 12.1 Å². The fourth-order valence-corrected chi connectivity index (χ4v) is 2.41. The lowest BCUT2D eigenvalue weighted by molar-refractivity contribution is 0.211. The second kappa shape index (κ2) is 5.34. The fourth-order valence-electron chi connectivity index (χ4n) is 2.41. The van der Waals surface area contributed by atoms with Crippen molar-refractivity contribution in [3.63, 3.8) is 0 Å². The third kappa shape index (κ3) is 4.14. The Kier molecular flexibility index (Phi) is 4.64. The Balaban J connectivity index is 2.36. The molecule has 2 atom stereocenters. The second-order valence-corrected chi connectivity index (χ2v) is 6.44. The Morgan fingerprint density at radius 3 is 2.00 bits per heavy atom. The number of rotatable bonds is 3. The number of hydrogen-bond acceptors (Lipinski definition) is 1. The van der Waals surface area contributed by atoms with Crippen LogP contribution in [-0.4, -0.2) is 12.1 Å². The van der Waals surface area contributed by atoms with Crippen LogP contribution < -0.4 is 5.32 Å². The van der Waals surface area contributed by atoms with Crippen molar-refractivity contribution in [2.24, 2.45) is 11.3 Å². The van der Waals surface area contributed by atoms with Gasteiger partial charge in [0.15, 0.2) is 0 Å². The smallest absolute Gasteiger partial charge is 0.00898 e. The Morgan fingerprint density at radius 2 is 1.53 bits per heavy atom. The molecule has 1 fully saturated rings. The molecule has 2 unspecified atom stereocenters. The molecule has 0 bridgehead atoms. The van der Waals surface area contributed by atoms with Gasteiger partial charge in [-0.25, -0.2) is 0 Å². The highest BCUT2D eigenvalue weighted by atomic mass is 15.0. The Morgan fingerprint density at radius 1 is 1.00 bits per heavy atom. The maximum absolute atomic E-state index is 3.79. The third-order valence-corrected chi connectivity index (χ3v) is 4.17. The minimum Gasteiger partial charge on any atom is -0.311 e. The van der Waals surface area contributed by atoms with Crippen LogP contribution in [0.15, 0.2) is 0 Å². The molecule has 15 heavy (non-hydrogen) atoms. The zero-order valence-corrected chi connectivity index (χ0v) is 11.3. The average molecular weight is 211 g/mol. The van der Waals surface area contributed by atoms with Crippen molar-refractivity contribution in [1.29, 1.82) is 0 Å². The SMILES string of the molecule is CC(NC(C)C(C)(C)C)C1CCCCC1. The van der Waals surface area contributed by atoms with Crippen LogP contribution in [0.25, 0.3) is 0 Å². The molecule has 0 aromatic carbocycles. The van der Waals surface area contributed by atoms with Crippen molar-refractivity contribution in [2.75, 3.05) is 0 Å². The van der Waals surface area contributed by atoms with Gasteiger partial charge in [0.05, 0.1) is 0 Å². The molecule has 0 heterocycles. The maximum atomic E-state index is 3.79. The minimum atomic E-state index is 0.378. The van der Waals surface area contributed by atoms with Gasteiger partial charge in [0.1, 0.15) is 0 Å². The molecule has 1 rings (SSSR count). The van der Waals surface area contributed by atoms with E-state index in [1.54, 1.807) is 0 Å². The summed E-state index contributed by atoms with van der Waals surface area (Å²) in [5.74, 6) is 0.920. The van der Waals surface area contributed by atoms with E-state index in [-0.39, 0.29) is 0 Å². The van der Waals surface area contributed by atoms with Crippen LogP contribution in [0, 0.1) is 11.3 Å². The molecular weight excluding hydrogens is 182 g/mol. The minimum absolute atomic E-state index is 0.378. The zero-order chi connectivity index (χ0) is 11.5. The number of nitrogens with one attached hydrogen (secondary N) is 1. The van der Waals surface area contributed by atoms with E-state index in [0.29, 0.717) is 17.5 Å². The molecule has 0 saturated heterocycles. The predicted octanol–water partition coefficient (Wildman–Crippen LogP) is 3.98. The molecule has 0 spiro atoms. The highest BCUT2D eigenvalue weighted by molar-refractivity contribution is 4.83. The van der Waals surface area contributed by atoms with Gasteiger partial charge >= 0.3 is 0 Å². The molecule has 0 radical (unpaired) electrons. The first-order valence-corrected chi connectivity index (χ1v) is 6.67. The van der Waals surface area contributed by atoms with Crippen LogP contribution in [0.5, 0.6) is 0 Å². The van der Waals surface area contributed by atoms with Crippen molar-refractivity contribution in [1.82, 2.24) is 5.32 Å². The molecule has 0 aromatic heterocycles. The van der Waals surface area contributed by atoms with Crippen molar-refractivity contribution in [2.45, 2.75) is 78.8 Å². The summed E-state index contributed by atoms with van der Waals surface area (Å²) in [5.41, 5.74) is 0.378. The van der Waals surface area contributed by atoms with Crippen LogP contribution in [0.2, 0.25) is 0 Å². The monoisotopic (exact) mass is 211 g/mol. The lowest BCUT2D eigenvalue weighted by Crippen LogP contribution is -2.46. The Hall–Kier alpha value is -0.0400. The van der Waals surface area contributed by atoms with Gasteiger partial charge in [0.25, 0.3) is 0 Å². The molecule has 1 nitrogen and oxygen atoms in total. The number of hydrogen-bond donors (Lipinski definition) is 1. The summed E-state index contributed by atoms with van der Waals surface area (Å²) in [6.07, 6.45) is 7.22. The molecule has 1 aliphatic rings. The summed E-state index contributed by atoms with van der Waals surface area (Å²) in [4.78, 5) is 0. The molecule has 0 aromatic rings. The molecule has 0 aliphatic heterocycles. The lowest BCUT2D eigenvalue weighted by Gasteiger charge is -2.35. The first-order chi connectivity index (χ1) is 6.91. The van der Waals surface area contributed by atoms with Crippen molar-refractivity contribution < 1.29 is 0 Å². The molecule has 0 amide bonds. The van der Waals surface area contributed by atoms with E-state index in [2.05, 4.69) is 39.9 Å². The fraction of sp³-hybridized carbons (Fsp3) is 1.00. The first kappa shape index (κ1) is 13.0. The van der Waals surface area contributed by atoms with E-state index in [0.717, 1.165) is 5.92 Å². The van der Waals surface area contributed by atoms with Crippen LogP contribution in [0.1, 0.15) is 66.7 Å². The highest BCUT2D eigenvalue weighted by Crippen LogP contribution is 2.28. The van der Waals surface area contributed by atoms with Gasteiger partial charge < -0.3 is 5.32 Å². The van der Waals surface area contributed by atoms with Gasteiger partial charge in [-0.1, -0.05) is 40.0 Å². The lowest BCUT2D eigenvalue weighted by atomic mass is 9.82. The standard InChI is InChI=1S/C14H29N/c1-11(13-9-7-6-8-10-13)15-12(2)14(3,4)5/h11-13,15H,6-10H2,1-5H3. The summed E-state index contributed by atoms with van der Waals surface area (Å²) in [6.45, 7) is 11.6. The summed E-state index contributed by atoms with van der Waals surface area (Å²) < 4.78 is 0. The van der Waals surface area contributed by atoms with Crippen LogP contribution in [0.4, 0.5) is 0 Å². The van der Waals surface area contributed by atoms with Crippen LogP contribution >= 0.6 is 0 Å². The molecule has 1 heteroatoms. The van der Waals surface area contributed by atoms with Crippen molar-refractivity contribution >= 4 is 0 Å². The van der Waals surface area contributed by atoms with E-state index in [1.165, 1.54) is 32.1 Å². The largest absolute Gasteiger partial charge is 0.311 e. The van der Waals surface area contributed by atoms with Gasteiger partial charge in [-0.2, -0.15) is 0 Å². The van der Waals surface area contributed by atoms with Crippen LogP contribution in [-0.2, 0) is 0 Å². The normalized spacial score (nSPS) is 23.8. The maximum Gasteiger partial charge on any atom is 0.00898 e. The zero-order valence-electron chi connectivity index (χ0n) is 11.3. The second-order valence-electron chi connectivity index (χ2n) is 6.44. The Bertz CT molecular complexity index is 174. The van der Waals surface area contributed by atoms with Gasteiger partial charge in [-0.3, -0.25) is 0 Å². The molecular formula is C14H29N. The van der Waals surface area contributed by atoms with E-state index >= 15 is 0 Å². The van der Waals surface area contributed by atoms with E-state index in [1.807, 2.05) is 0 Å². The van der Waals surface area contributed by atoms with E-state index in [4.69, 9.17) is 0 Å². The van der Waals surface area contributed by atoms with Crippen LogP contribution in [0.3, 0.4) is 0 Å². The first-order valence-electron chi connectivity index (χ1n) is 6.67. The van der Waals surface area contributed by atoms with E-state index in [9.17, 15) is 0 Å².